The van der Waals surface area contributed by atoms with Crippen molar-refractivity contribution in [3.63, 3.8) is 0 Å². The van der Waals surface area contributed by atoms with Crippen molar-refractivity contribution in [2.24, 2.45) is 5.92 Å². The van der Waals surface area contributed by atoms with Crippen molar-refractivity contribution in [2.45, 2.75) is 62.8 Å². The van der Waals surface area contributed by atoms with Crippen LogP contribution in [-0.4, -0.2) is 76.4 Å². The zero-order valence-electron chi connectivity index (χ0n) is 26.9. The number of halogens is 3. The van der Waals surface area contributed by atoms with Gasteiger partial charge in [0, 0.05) is 54.8 Å². The molecule has 248 valence electrons. The summed E-state index contributed by atoms with van der Waals surface area (Å²) in [5.74, 6) is 1.83. The largest absolute Gasteiger partial charge is 0.461 e. The van der Waals surface area contributed by atoms with Gasteiger partial charge in [0.05, 0.1) is 22.2 Å². The van der Waals surface area contributed by atoms with Gasteiger partial charge in [-0.05, 0) is 61.7 Å². The molecule has 0 saturated carbocycles. The minimum absolute atomic E-state index is 0.00926. The monoisotopic (exact) mass is 653 g/mol. The Bertz CT molecular complexity index is 2010. The Hall–Kier alpha value is -4.40. The van der Waals surface area contributed by atoms with Gasteiger partial charge in [-0.15, -0.1) is 13.0 Å². The summed E-state index contributed by atoms with van der Waals surface area (Å²) in [5, 5.41) is 5.10. The molecule has 0 aliphatic carbocycles. The molecular weight excluding hydrogens is 615 g/mol. The van der Waals surface area contributed by atoms with E-state index in [2.05, 4.69) is 34.5 Å². The maximum atomic E-state index is 17.2. The molecule has 0 unspecified atom stereocenters. The Morgan fingerprint density at radius 1 is 1.21 bits per heavy atom. The molecule has 2 aromatic carbocycles. The van der Waals surface area contributed by atoms with Crippen LogP contribution >= 0.6 is 0 Å². The van der Waals surface area contributed by atoms with Crippen LogP contribution in [0.4, 0.5) is 24.7 Å². The molecule has 2 aromatic heterocycles. The van der Waals surface area contributed by atoms with Crippen LogP contribution in [0.5, 0.6) is 6.01 Å². The fourth-order valence-corrected chi connectivity index (χ4v) is 8.63. The number of nitrogens with zero attached hydrogens (tertiary/aromatic N) is 5. The molecule has 3 fully saturated rings. The summed E-state index contributed by atoms with van der Waals surface area (Å²) in [4.78, 5) is 19.0. The lowest BCUT2D eigenvalue weighted by Gasteiger charge is -2.42. The Morgan fingerprint density at radius 3 is 2.88 bits per heavy atom. The number of fused-ring (bicyclic) bond motifs is 4. The maximum absolute atomic E-state index is 17.2. The third kappa shape index (κ3) is 4.88. The first-order valence-electron chi connectivity index (χ1n) is 16.7. The van der Waals surface area contributed by atoms with Crippen LogP contribution in [0.1, 0.15) is 43.9 Å². The van der Waals surface area contributed by atoms with Gasteiger partial charge >= 0.3 is 6.01 Å². The number of hydrogen-bond acceptors (Lipinski definition) is 8. The van der Waals surface area contributed by atoms with Crippen LogP contribution in [0.25, 0.3) is 32.9 Å². The second-order valence-electron chi connectivity index (χ2n) is 13.9. The molecule has 4 aliphatic heterocycles. The fourth-order valence-electron chi connectivity index (χ4n) is 8.63. The molecule has 0 amide bonds. The summed E-state index contributed by atoms with van der Waals surface area (Å²) in [6.07, 6.45) is 10.2. The number of pyridine rings is 1. The van der Waals surface area contributed by atoms with E-state index in [4.69, 9.17) is 31.8 Å². The van der Waals surface area contributed by atoms with E-state index in [0.29, 0.717) is 71.4 Å². The van der Waals surface area contributed by atoms with Crippen molar-refractivity contribution in [1.82, 2.24) is 25.2 Å². The lowest BCUT2D eigenvalue weighted by molar-refractivity contribution is 0.107. The van der Waals surface area contributed by atoms with Gasteiger partial charge in [-0.2, -0.15) is 9.97 Å². The number of nitrogens with one attached hydrogen (secondary N) is 1. The highest BCUT2D eigenvalue weighted by Crippen LogP contribution is 2.44. The summed E-state index contributed by atoms with van der Waals surface area (Å²) in [6.45, 7) is 8.83. The number of hydrogen-bond donors (Lipinski definition) is 2. The van der Waals surface area contributed by atoms with Gasteiger partial charge in [-0.1, -0.05) is 25.0 Å². The molecule has 0 bridgehead atoms. The van der Waals surface area contributed by atoms with Crippen LogP contribution in [0, 0.1) is 29.9 Å². The number of piperazine rings is 1. The highest BCUT2D eigenvalue weighted by Gasteiger charge is 2.49. The first-order chi connectivity index (χ1) is 23.2. The van der Waals surface area contributed by atoms with Crippen molar-refractivity contribution in [1.29, 1.82) is 0 Å². The third-order valence-corrected chi connectivity index (χ3v) is 10.9. The number of nitrogens with two attached hydrogens (primary N) is 1. The molecule has 0 radical (unpaired) electrons. The van der Waals surface area contributed by atoms with Gasteiger partial charge in [-0.25, -0.2) is 18.2 Å². The zero-order chi connectivity index (χ0) is 33.3. The Labute approximate surface area is 277 Å². The number of anilines is 2. The van der Waals surface area contributed by atoms with Gasteiger partial charge in [0.1, 0.15) is 35.6 Å². The van der Waals surface area contributed by atoms with Crippen LogP contribution in [-0.2, 0) is 6.42 Å². The molecule has 4 aromatic rings. The topological polar surface area (TPSA) is 92.4 Å². The van der Waals surface area contributed by atoms with Crippen molar-refractivity contribution in [3.8, 4) is 29.6 Å². The minimum Gasteiger partial charge on any atom is -0.461 e. The van der Waals surface area contributed by atoms with Gasteiger partial charge in [-0.3, -0.25) is 4.90 Å². The average molecular weight is 654 g/mol. The number of aromatic nitrogens is 3. The smallest absolute Gasteiger partial charge is 0.319 e. The van der Waals surface area contributed by atoms with Crippen molar-refractivity contribution in [3.05, 3.63) is 59.8 Å². The molecule has 11 heteroatoms. The molecule has 0 spiro atoms. The predicted molar refractivity (Wildman–Crippen MR) is 182 cm³/mol. The van der Waals surface area contributed by atoms with Gasteiger partial charge < -0.3 is 20.7 Å². The number of alkyl halides is 1. The minimum atomic E-state index is -0.916. The lowest BCUT2D eigenvalue weighted by atomic mass is 9.92. The van der Waals surface area contributed by atoms with E-state index in [0.717, 1.165) is 25.8 Å². The van der Waals surface area contributed by atoms with E-state index < -0.39 is 23.3 Å². The highest BCUT2D eigenvalue weighted by molar-refractivity contribution is 6.04. The van der Waals surface area contributed by atoms with E-state index in [9.17, 15) is 4.39 Å². The lowest BCUT2D eigenvalue weighted by Crippen LogP contribution is -2.58. The molecular formula is C37H38F3N7O. The van der Waals surface area contributed by atoms with E-state index >= 15 is 8.78 Å². The first kappa shape index (κ1) is 30.9. The third-order valence-electron chi connectivity index (χ3n) is 10.9. The highest BCUT2D eigenvalue weighted by atomic mass is 19.1. The standard InChI is InChI=1S/C37H38F3N7O/c1-4-7-24-18-47-29(16-42-24)20(3)12-28-31-34(44-36(45-35(31)47)48-19-37-10-6-11-46(37)17-22(38)15-37)32(40)33(43-28)26-14-23(41)13-21-8-9-27(39)25(5-2)30(21)26/h2,4,8-9,13-14,20,22,24,29,42H,1,6-7,10-12,15-19,41H2,3H3/t20-,22+,24+,29+,37-/m0/s1. The predicted octanol–water partition coefficient (Wildman–Crippen LogP) is 5.56. The molecule has 8 nitrogen and oxygen atoms in total. The molecule has 8 rings (SSSR count). The van der Waals surface area contributed by atoms with Gasteiger partial charge in [0.25, 0.3) is 0 Å². The van der Waals surface area contributed by atoms with Crippen LogP contribution in [0.15, 0.2) is 36.9 Å². The van der Waals surface area contributed by atoms with E-state index in [1.54, 1.807) is 18.2 Å². The molecule has 4 aliphatic rings. The number of nitrogen functional groups attached to an aromatic ring is 1. The molecule has 48 heavy (non-hydrogen) atoms. The fraction of sp³-hybridized carbons (Fsp3) is 0.432. The average Bonchev–Trinajstić information content (AvgIpc) is 3.56. The van der Waals surface area contributed by atoms with Crippen LogP contribution in [0.2, 0.25) is 0 Å². The molecule has 3 saturated heterocycles. The molecule has 5 atom stereocenters. The first-order valence-corrected chi connectivity index (χ1v) is 16.7. The summed E-state index contributed by atoms with van der Waals surface area (Å²) < 4.78 is 53.2. The van der Waals surface area contributed by atoms with E-state index in [-0.39, 0.29) is 47.4 Å². The second-order valence-corrected chi connectivity index (χ2v) is 13.9. The van der Waals surface area contributed by atoms with Crippen molar-refractivity contribution < 1.29 is 17.9 Å². The normalized spacial score (nSPS) is 26.7. The summed E-state index contributed by atoms with van der Waals surface area (Å²) >= 11 is 0. The van der Waals surface area contributed by atoms with Crippen LogP contribution < -0.4 is 20.7 Å². The van der Waals surface area contributed by atoms with Gasteiger partial charge in [0.15, 0.2) is 5.82 Å². The SMILES string of the molecule is C#Cc1c(F)ccc2cc(N)cc(-c3nc4c5c(nc(OC[C@@]67CCCN6C[C@H](F)C7)nc5c3F)N3C[C@@H](CC=C)NC[C@@H]3[C@@H](C)C4)c12. The summed E-state index contributed by atoms with van der Waals surface area (Å²) in [5.41, 5.74) is 7.21. The van der Waals surface area contributed by atoms with Gasteiger partial charge in [0.2, 0.25) is 0 Å². The number of rotatable bonds is 6. The van der Waals surface area contributed by atoms with E-state index in [1.807, 2.05) is 6.08 Å². The zero-order valence-corrected chi connectivity index (χ0v) is 26.9. The summed E-state index contributed by atoms with van der Waals surface area (Å²) in [7, 11) is 0. The number of benzene rings is 2. The maximum Gasteiger partial charge on any atom is 0.319 e. The van der Waals surface area contributed by atoms with Crippen molar-refractivity contribution >= 4 is 33.2 Å². The second kappa shape index (κ2) is 11.6. The Kier molecular flexibility index (Phi) is 7.49. The molecule has 6 heterocycles. The Balaban J connectivity index is 1.34. The molecule has 3 N–H and O–H groups in total. The number of terminal acetylenes is 1. The quantitative estimate of drug-likeness (QED) is 0.159. The van der Waals surface area contributed by atoms with E-state index in [1.165, 1.54) is 6.07 Å². The Morgan fingerprint density at radius 2 is 2.06 bits per heavy atom. The summed E-state index contributed by atoms with van der Waals surface area (Å²) in [6, 6.07) is 6.33. The van der Waals surface area contributed by atoms with Crippen LogP contribution in [0.3, 0.4) is 0 Å². The van der Waals surface area contributed by atoms with Crippen molar-refractivity contribution in [2.75, 3.05) is 43.4 Å². The number of ether oxygens (including phenoxy) is 1.